The highest BCUT2D eigenvalue weighted by Gasteiger charge is 2.71. The first-order valence-corrected chi connectivity index (χ1v) is 7.49. The Kier molecular flexibility index (Phi) is 2.42. The Hall–Kier alpha value is -0.835. The molecule has 3 aliphatic carbocycles. The third kappa shape index (κ3) is 1.25. The molecule has 4 rings (SSSR count). The van der Waals surface area contributed by atoms with Gasteiger partial charge in [0.2, 0.25) is 0 Å². The fourth-order valence-corrected chi connectivity index (χ4v) is 6.35. The van der Waals surface area contributed by atoms with Gasteiger partial charge in [-0.3, -0.25) is 4.79 Å². The van der Waals surface area contributed by atoms with Gasteiger partial charge in [-0.15, -0.1) is 0 Å². The van der Waals surface area contributed by atoms with E-state index >= 15 is 0 Å². The molecule has 19 heavy (non-hydrogen) atoms. The number of hydrogen-bond acceptors (Lipinski definition) is 3. The Morgan fingerprint density at radius 2 is 2.21 bits per heavy atom. The number of aliphatic carboxylic acids is 1. The highest BCUT2D eigenvalue weighted by molar-refractivity contribution is 6.64. The second-order valence-corrected chi connectivity index (χ2v) is 6.83. The number of carbonyl (C=O) groups is 2. The van der Waals surface area contributed by atoms with E-state index in [0.717, 1.165) is 12.6 Å². The number of carboxylic acid groups (broad SMARTS) is 1. The Bertz CT molecular complexity index is 442. The SMILES string of the molecule is O=C[B]N1C(C(=O)O)C2C3CCC(C3)C23CCCC13. The molecule has 0 amide bonds. The molecule has 4 fully saturated rings. The third-order valence-electron chi connectivity index (χ3n) is 6.58. The molecule has 1 heterocycles. The van der Waals surface area contributed by atoms with Crippen LogP contribution in [0.15, 0.2) is 0 Å². The molecule has 0 aromatic heterocycles. The summed E-state index contributed by atoms with van der Waals surface area (Å²) in [6.07, 6.45) is 7.91. The average molecular weight is 260 g/mol. The van der Waals surface area contributed by atoms with Crippen LogP contribution >= 0.6 is 0 Å². The summed E-state index contributed by atoms with van der Waals surface area (Å²) in [6.45, 7) is 0. The molecule has 1 aliphatic heterocycles. The van der Waals surface area contributed by atoms with Crippen molar-refractivity contribution in [2.45, 2.75) is 50.6 Å². The topological polar surface area (TPSA) is 57.6 Å². The molecule has 5 heteroatoms. The van der Waals surface area contributed by atoms with Crippen LogP contribution in [0.4, 0.5) is 0 Å². The number of nitrogens with zero attached hydrogens (tertiary/aromatic N) is 1. The summed E-state index contributed by atoms with van der Waals surface area (Å²) in [5, 5.41) is 9.66. The van der Waals surface area contributed by atoms with Gasteiger partial charge in [-0.25, -0.2) is 0 Å². The van der Waals surface area contributed by atoms with Gasteiger partial charge in [0, 0.05) is 6.04 Å². The van der Waals surface area contributed by atoms with Gasteiger partial charge in [-0.1, -0.05) is 6.42 Å². The highest BCUT2D eigenvalue weighted by Crippen LogP contribution is 2.71. The minimum Gasteiger partial charge on any atom is -0.480 e. The van der Waals surface area contributed by atoms with Crippen molar-refractivity contribution in [2.75, 3.05) is 0 Å². The fourth-order valence-electron chi connectivity index (χ4n) is 6.35. The monoisotopic (exact) mass is 260 g/mol. The smallest absolute Gasteiger partial charge is 0.320 e. The molecule has 6 unspecified atom stereocenters. The van der Waals surface area contributed by atoms with Crippen molar-refractivity contribution in [1.82, 2.24) is 4.81 Å². The van der Waals surface area contributed by atoms with E-state index in [4.69, 9.17) is 0 Å². The average Bonchev–Trinajstić information content (AvgIpc) is 3.06. The molecule has 1 radical (unpaired) electrons. The van der Waals surface area contributed by atoms with E-state index in [0.29, 0.717) is 17.9 Å². The number of carboxylic acids is 1. The third-order valence-corrected chi connectivity index (χ3v) is 6.58. The zero-order valence-corrected chi connectivity index (χ0v) is 11.0. The molecule has 0 aromatic carbocycles. The predicted octanol–water partition coefficient (Wildman–Crippen LogP) is 1.15. The lowest BCUT2D eigenvalue weighted by Gasteiger charge is -2.40. The van der Waals surface area contributed by atoms with E-state index in [2.05, 4.69) is 0 Å². The molecule has 3 saturated carbocycles. The van der Waals surface area contributed by atoms with Gasteiger partial charge >= 0.3 is 5.97 Å². The zero-order chi connectivity index (χ0) is 13.2. The Morgan fingerprint density at radius 3 is 2.95 bits per heavy atom. The lowest BCUT2D eigenvalue weighted by molar-refractivity contribution is -0.143. The standard InChI is InChI=1S/C14H19BNO3/c17-7-15-16-10-2-1-5-14(10)9-4-3-8(6-9)11(14)12(16)13(18)19/h7-12H,1-6H2,(H,18,19). The van der Waals surface area contributed by atoms with E-state index in [-0.39, 0.29) is 11.3 Å². The number of hydrogen-bond donors (Lipinski definition) is 1. The molecule has 1 saturated heterocycles. The zero-order valence-electron chi connectivity index (χ0n) is 11.0. The quantitative estimate of drug-likeness (QED) is 0.611. The normalized spacial score (nSPS) is 51.1. The maximum atomic E-state index is 11.8. The first kappa shape index (κ1) is 11.9. The van der Waals surface area contributed by atoms with E-state index in [1.807, 2.05) is 4.81 Å². The van der Waals surface area contributed by atoms with Crippen LogP contribution < -0.4 is 0 Å². The van der Waals surface area contributed by atoms with Crippen molar-refractivity contribution in [3.05, 3.63) is 0 Å². The minimum absolute atomic E-state index is 0.214. The Morgan fingerprint density at radius 1 is 1.37 bits per heavy atom. The molecular formula is C14H19BNO3. The van der Waals surface area contributed by atoms with Crippen molar-refractivity contribution >= 4 is 19.6 Å². The maximum absolute atomic E-state index is 11.8. The second kappa shape index (κ2) is 3.84. The molecular weight excluding hydrogens is 241 g/mol. The Balaban J connectivity index is 1.81. The lowest BCUT2D eigenvalue weighted by Crippen LogP contribution is -2.46. The van der Waals surface area contributed by atoms with E-state index in [1.165, 1.54) is 39.5 Å². The second-order valence-electron chi connectivity index (χ2n) is 6.83. The molecule has 4 aliphatic rings. The first-order chi connectivity index (χ1) is 9.20. The number of fused-ring (bicyclic) bond motifs is 3. The van der Waals surface area contributed by atoms with Gasteiger partial charge in [-0.2, -0.15) is 0 Å². The molecule has 0 aromatic rings. The molecule has 101 valence electrons. The number of carbonyl (C=O) groups excluding carboxylic acids is 1. The van der Waals surface area contributed by atoms with Gasteiger partial charge in [0.15, 0.2) is 0 Å². The Labute approximate surface area is 113 Å². The van der Waals surface area contributed by atoms with Gasteiger partial charge in [0.1, 0.15) is 6.04 Å². The van der Waals surface area contributed by atoms with Crippen LogP contribution in [0.2, 0.25) is 0 Å². The molecule has 2 bridgehead atoms. The molecule has 6 atom stereocenters. The van der Waals surface area contributed by atoms with Gasteiger partial charge in [-0.05, 0) is 55.3 Å². The molecule has 1 spiro atoms. The van der Waals surface area contributed by atoms with Crippen LogP contribution in [0.1, 0.15) is 38.5 Å². The van der Waals surface area contributed by atoms with E-state index in [9.17, 15) is 14.7 Å². The van der Waals surface area contributed by atoms with Crippen LogP contribution in [0.3, 0.4) is 0 Å². The summed E-state index contributed by atoms with van der Waals surface area (Å²) in [5.74, 6) is 0.843. The summed E-state index contributed by atoms with van der Waals surface area (Å²) in [6, 6.07) is -0.148. The number of rotatable bonds is 3. The van der Waals surface area contributed by atoms with Crippen LogP contribution in [-0.4, -0.2) is 41.6 Å². The van der Waals surface area contributed by atoms with Crippen molar-refractivity contribution < 1.29 is 14.7 Å². The first-order valence-electron chi connectivity index (χ1n) is 7.49. The van der Waals surface area contributed by atoms with Crippen LogP contribution in [0.25, 0.3) is 0 Å². The van der Waals surface area contributed by atoms with Crippen LogP contribution in [0, 0.1) is 23.2 Å². The largest absolute Gasteiger partial charge is 0.480 e. The summed E-state index contributed by atoms with van der Waals surface area (Å²) in [4.78, 5) is 24.6. The van der Waals surface area contributed by atoms with Gasteiger partial charge in [0.25, 0.3) is 7.41 Å². The molecule has 1 N–H and O–H groups in total. The lowest BCUT2D eigenvalue weighted by atomic mass is 9.64. The van der Waals surface area contributed by atoms with Crippen molar-refractivity contribution in [3.8, 4) is 0 Å². The fraction of sp³-hybridized carbons (Fsp3) is 0.857. The van der Waals surface area contributed by atoms with E-state index in [1.54, 1.807) is 0 Å². The van der Waals surface area contributed by atoms with Crippen molar-refractivity contribution in [2.24, 2.45) is 23.2 Å². The predicted molar refractivity (Wildman–Crippen MR) is 70.2 cm³/mol. The van der Waals surface area contributed by atoms with Gasteiger partial charge < -0.3 is 14.7 Å². The minimum atomic E-state index is -0.732. The van der Waals surface area contributed by atoms with Crippen LogP contribution in [-0.2, 0) is 9.59 Å². The maximum Gasteiger partial charge on any atom is 0.320 e. The highest BCUT2D eigenvalue weighted by atomic mass is 16.4. The summed E-state index contributed by atoms with van der Waals surface area (Å²) >= 11 is 0. The van der Waals surface area contributed by atoms with Crippen molar-refractivity contribution in [3.63, 3.8) is 0 Å². The summed E-state index contributed by atoms with van der Waals surface area (Å²) in [5.41, 5.74) is 0.214. The van der Waals surface area contributed by atoms with Crippen molar-refractivity contribution in [1.29, 1.82) is 0 Å². The molecule has 4 nitrogen and oxygen atoms in total. The summed E-state index contributed by atoms with van der Waals surface area (Å²) < 4.78 is 0. The van der Waals surface area contributed by atoms with Crippen LogP contribution in [0.5, 0.6) is 0 Å². The summed E-state index contributed by atoms with van der Waals surface area (Å²) in [7, 11) is 1.51. The van der Waals surface area contributed by atoms with E-state index < -0.39 is 12.0 Å². The van der Waals surface area contributed by atoms with Gasteiger partial charge in [0.05, 0.1) is 6.19 Å².